The highest BCUT2D eigenvalue weighted by atomic mass is 16.7. The highest BCUT2D eigenvalue weighted by Crippen LogP contribution is 2.41. The minimum absolute atomic E-state index is 0.0446. The van der Waals surface area contributed by atoms with Gasteiger partial charge in [0, 0.05) is 19.8 Å². The van der Waals surface area contributed by atoms with Crippen molar-refractivity contribution >= 4 is 17.4 Å². The van der Waals surface area contributed by atoms with Gasteiger partial charge in [0.25, 0.3) is 11.7 Å². The van der Waals surface area contributed by atoms with E-state index in [1.54, 1.807) is 36.4 Å². The molecule has 1 heterocycles. The van der Waals surface area contributed by atoms with Crippen molar-refractivity contribution in [2.45, 2.75) is 12.3 Å². The number of hydrogen-bond donors (Lipinski definition) is 2. The number of aliphatic hydroxyl groups excluding tert-OH is 1. The highest BCUT2D eigenvalue weighted by molar-refractivity contribution is 6.46. The Bertz CT molecular complexity index is 967. The van der Waals surface area contributed by atoms with Crippen LogP contribution in [-0.4, -0.2) is 61.0 Å². The molecule has 8 heteroatoms. The Morgan fingerprint density at radius 1 is 1.07 bits per heavy atom. The lowest BCUT2D eigenvalue weighted by atomic mass is 9.95. The van der Waals surface area contributed by atoms with E-state index in [4.69, 9.17) is 14.2 Å². The number of rotatable bonds is 7. The molecule has 0 bridgehead atoms. The van der Waals surface area contributed by atoms with Crippen LogP contribution in [-0.2, 0) is 19.1 Å². The second-order valence-corrected chi connectivity index (χ2v) is 6.65. The lowest BCUT2D eigenvalue weighted by Gasteiger charge is -2.28. The molecule has 1 saturated heterocycles. The lowest BCUT2D eigenvalue weighted by molar-refractivity contribution is -0.149. The Morgan fingerprint density at radius 3 is 2.33 bits per heavy atom. The summed E-state index contributed by atoms with van der Waals surface area (Å²) in [6, 6.07) is 12.1. The molecule has 8 nitrogen and oxygen atoms in total. The third kappa shape index (κ3) is 3.87. The van der Waals surface area contributed by atoms with Gasteiger partial charge in [-0.05, 0) is 17.7 Å². The van der Waals surface area contributed by atoms with E-state index in [-0.39, 0.29) is 29.4 Å². The third-order valence-electron chi connectivity index (χ3n) is 4.98. The molecule has 3 rings (SSSR count). The molecule has 0 aromatic heterocycles. The zero-order valence-corrected chi connectivity index (χ0v) is 16.9. The number of amides is 1. The first kappa shape index (κ1) is 21.4. The number of nitrogens with zero attached hydrogens (tertiary/aromatic N) is 1. The number of carbonyl (C=O) groups excluding carboxylic acids is 2. The van der Waals surface area contributed by atoms with Crippen molar-refractivity contribution in [1.82, 2.24) is 4.90 Å². The van der Waals surface area contributed by atoms with Crippen molar-refractivity contribution in [2.75, 3.05) is 27.9 Å². The maximum absolute atomic E-state index is 12.9. The number of benzene rings is 2. The number of aliphatic hydroxyl groups is 1. The van der Waals surface area contributed by atoms with Crippen LogP contribution >= 0.6 is 0 Å². The van der Waals surface area contributed by atoms with Crippen LogP contribution in [0.3, 0.4) is 0 Å². The van der Waals surface area contributed by atoms with Gasteiger partial charge in [-0.25, -0.2) is 0 Å². The predicted molar refractivity (Wildman–Crippen MR) is 108 cm³/mol. The SMILES string of the molecule is COc1cc([C@@H]2C(=C(O)c3ccccc3)C(=O)C(=O)N2CC(OC)OC)ccc1O. The Balaban J connectivity index is 2.19. The number of hydrogen-bond acceptors (Lipinski definition) is 7. The minimum Gasteiger partial charge on any atom is -0.507 e. The van der Waals surface area contributed by atoms with Crippen LogP contribution in [0.2, 0.25) is 0 Å². The van der Waals surface area contributed by atoms with Crippen LogP contribution in [0, 0.1) is 0 Å². The fourth-order valence-electron chi connectivity index (χ4n) is 3.44. The summed E-state index contributed by atoms with van der Waals surface area (Å²) in [5.74, 6) is -1.82. The number of ketones is 1. The first-order valence-electron chi connectivity index (χ1n) is 9.19. The van der Waals surface area contributed by atoms with Crippen LogP contribution in [0.1, 0.15) is 17.2 Å². The summed E-state index contributed by atoms with van der Waals surface area (Å²) in [5, 5.41) is 20.9. The fourth-order valence-corrected chi connectivity index (χ4v) is 3.44. The molecule has 0 radical (unpaired) electrons. The molecule has 158 valence electrons. The van der Waals surface area contributed by atoms with Crippen LogP contribution in [0.5, 0.6) is 11.5 Å². The van der Waals surface area contributed by atoms with E-state index >= 15 is 0 Å². The number of ether oxygens (including phenoxy) is 3. The van der Waals surface area contributed by atoms with Crippen LogP contribution in [0.15, 0.2) is 54.1 Å². The molecular formula is C22H23NO7. The van der Waals surface area contributed by atoms with Gasteiger partial charge in [0.15, 0.2) is 17.8 Å². The van der Waals surface area contributed by atoms with E-state index < -0.39 is 24.0 Å². The number of phenols is 1. The predicted octanol–water partition coefficient (Wildman–Crippen LogP) is 2.44. The Morgan fingerprint density at radius 2 is 1.73 bits per heavy atom. The zero-order chi connectivity index (χ0) is 21.8. The van der Waals surface area contributed by atoms with E-state index in [0.29, 0.717) is 11.1 Å². The number of carbonyl (C=O) groups is 2. The highest BCUT2D eigenvalue weighted by Gasteiger charge is 2.47. The van der Waals surface area contributed by atoms with Gasteiger partial charge in [-0.2, -0.15) is 0 Å². The molecule has 0 aliphatic carbocycles. The van der Waals surface area contributed by atoms with Gasteiger partial charge in [0.05, 0.1) is 25.3 Å². The molecule has 30 heavy (non-hydrogen) atoms. The number of methoxy groups -OCH3 is 3. The number of likely N-dealkylation sites (tertiary alicyclic amines) is 1. The van der Waals surface area contributed by atoms with Gasteiger partial charge in [-0.3, -0.25) is 9.59 Å². The summed E-state index contributed by atoms with van der Waals surface area (Å²) in [4.78, 5) is 27.1. The molecule has 1 atom stereocenters. The minimum atomic E-state index is -0.924. The monoisotopic (exact) mass is 413 g/mol. The molecule has 1 aliphatic rings. The summed E-state index contributed by atoms with van der Waals surface area (Å²) in [5.41, 5.74) is 0.818. The topological polar surface area (TPSA) is 106 Å². The molecule has 2 N–H and O–H groups in total. The van der Waals surface area contributed by atoms with Crippen LogP contribution in [0.25, 0.3) is 5.76 Å². The maximum Gasteiger partial charge on any atom is 0.295 e. The second-order valence-electron chi connectivity index (χ2n) is 6.65. The van der Waals surface area contributed by atoms with E-state index in [1.165, 1.54) is 38.4 Å². The Hall–Kier alpha value is -3.36. The van der Waals surface area contributed by atoms with Crippen molar-refractivity contribution in [3.63, 3.8) is 0 Å². The molecule has 0 unspecified atom stereocenters. The first-order valence-corrected chi connectivity index (χ1v) is 9.19. The van der Waals surface area contributed by atoms with Crippen molar-refractivity contribution < 1.29 is 34.0 Å². The fraction of sp³-hybridized carbons (Fsp3) is 0.273. The zero-order valence-electron chi connectivity index (χ0n) is 16.9. The van der Waals surface area contributed by atoms with Crippen molar-refractivity contribution in [2.24, 2.45) is 0 Å². The van der Waals surface area contributed by atoms with Gasteiger partial charge in [0.1, 0.15) is 5.76 Å². The van der Waals surface area contributed by atoms with E-state index in [9.17, 15) is 19.8 Å². The second kappa shape index (κ2) is 8.98. The summed E-state index contributed by atoms with van der Waals surface area (Å²) >= 11 is 0. The van der Waals surface area contributed by atoms with E-state index in [2.05, 4.69) is 0 Å². The Labute approximate surface area is 173 Å². The van der Waals surface area contributed by atoms with Gasteiger partial charge in [-0.15, -0.1) is 0 Å². The number of Topliss-reactive ketones (excluding diaryl/α,β-unsaturated/α-hetero) is 1. The summed E-state index contributed by atoms with van der Waals surface area (Å²) in [6.07, 6.45) is -0.776. The van der Waals surface area contributed by atoms with Crippen molar-refractivity contribution in [3.8, 4) is 11.5 Å². The maximum atomic E-state index is 12.9. The van der Waals surface area contributed by atoms with Crippen molar-refractivity contribution in [3.05, 3.63) is 65.2 Å². The molecule has 0 spiro atoms. The third-order valence-corrected chi connectivity index (χ3v) is 4.98. The average molecular weight is 413 g/mol. The molecule has 1 amide bonds. The standard InChI is InChI=1S/C22H23NO7/c1-28-16-11-14(9-10-15(16)24)19-18(20(25)13-7-5-4-6-8-13)21(26)22(27)23(19)12-17(29-2)30-3/h4-11,17,19,24-25H,12H2,1-3H3/t19-/m1/s1. The van der Waals surface area contributed by atoms with Gasteiger partial charge >= 0.3 is 0 Å². The summed E-state index contributed by atoms with van der Waals surface area (Å²) in [7, 11) is 4.24. The van der Waals surface area contributed by atoms with Crippen LogP contribution < -0.4 is 4.74 Å². The quantitative estimate of drug-likeness (QED) is 0.311. The normalized spacial score (nSPS) is 18.3. The van der Waals surface area contributed by atoms with Gasteiger partial charge in [0.2, 0.25) is 0 Å². The summed E-state index contributed by atoms with van der Waals surface area (Å²) in [6.45, 7) is -0.0446. The average Bonchev–Trinajstić information content (AvgIpc) is 3.02. The molecule has 1 aliphatic heterocycles. The summed E-state index contributed by atoms with van der Waals surface area (Å²) < 4.78 is 15.6. The Kier molecular flexibility index (Phi) is 6.39. The molecule has 1 fully saturated rings. The molecule has 2 aromatic carbocycles. The largest absolute Gasteiger partial charge is 0.507 e. The smallest absolute Gasteiger partial charge is 0.295 e. The lowest BCUT2D eigenvalue weighted by Crippen LogP contribution is -2.38. The van der Waals surface area contributed by atoms with Crippen LogP contribution in [0.4, 0.5) is 0 Å². The number of aromatic hydroxyl groups is 1. The van der Waals surface area contributed by atoms with Gasteiger partial charge in [-0.1, -0.05) is 36.4 Å². The molecule has 2 aromatic rings. The first-order chi connectivity index (χ1) is 14.4. The molecular weight excluding hydrogens is 390 g/mol. The number of phenolic OH excluding ortho intramolecular Hbond substituents is 1. The van der Waals surface area contributed by atoms with Gasteiger partial charge < -0.3 is 29.3 Å². The van der Waals surface area contributed by atoms with E-state index in [0.717, 1.165) is 0 Å². The van der Waals surface area contributed by atoms with E-state index in [1.807, 2.05) is 0 Å². The molecule has 0 saturated carbocycles. The van der Waals surface area contributed by atoms with Crippen molar-refractivity contribution in [1.29, 1.82) is 0 Å².